The van der Waals surface area contributed by atoms with Crippen LogP contribution in [0, 0.1) is 0 Å². The van der Waals surface area contributed by atoms with Gasteiger partial charge in [0.05, 0.1) is 7.11 Å². The molecule has 0 atom stereocenters. The number of nitrogens with zero attached hydrogens (tertiary/aromatic N) is 3. The van der Waals surface area contributed by atoms with Crippen LogP contribution in [0.15, 0.2) is 60.8 Å². The third-order valence-electron chi connectivity index (χ3n) is 3.95. The van der Waals surface area contributed by atoms with E-state index in [1.165, 1.54) is 6.20 Å². The van der Waals surface area contributed by atoms with Crippen molar-refractivity contribution in [3.05, 3.63) is 71.9 Å². The molecule has 0 radical (unpaired) electrons. The molecule has 0 amide bonds. The predicted molar refractivity (Wildman–Crippen MR) is 104 cm³/mol. The van der Waals surface area contributed by atoms with Gasteiger partial charge in [0.2, 0.25) is 0 Å². The number of ether oxygens (including phenoxy) is 2. The van der Waals surface area contributed by atoms with E-state index in [9.17, 15) is 4.79 Å². The second kappa shape index (κ2) is 8.31. The summed E-state index contributed by atoms with van der Waals surface area (Å²) in [4.78, 5) is 23.2. The average molecular weight is 363 g/mol. The number of aromatic nitrogens is 2. The number of hydrogen-bond donors (Lipinski definition) is 0. The predicted octanol–water partition coefficient (Wildman–Crippen LogP) is 3.58. The Bertz CT molecular complexity index is 927. The molecule has 3 rings (SSSR count). The maximum atomic E-state index is 12.6. The second-order valence-electron chi connectivity index (χ2n) is 6.12. The Morgan fingerprint density at radius 1 is 1.07 bits per heavy atom. The van der Waals surface area contributed by atoms with E-state index in [-0.39, 0.29) is 6.61 Å². The van der Waals surface area contributed by atoms with Gasteiger partial charge in [-0.2, -0.15) is 0 Å². The Labute approximate surface area is 158 Å². The van der Waals surface area contributed by atoms with Crippen LogP contribution in [0.2, 0.25) is 0 Å². The summed E-state index contributed by atoms with van der Waals surface area (Å²) in [7, 11) is 5.26. The Hall–Kier alpha value is -3.41. The molecule has 0 unspecified atom stereocenters. The van der Waals surface area contributed by atoms with Crippen molar-refractivity contribution < 1.29 is 14.3 Å². The zero-order valence-electron chi connectivity index (χ0n) is 15.5. The Morgan fingerprint density at radius 3 is 2.56 bits per heavy atom. The number of benzene rings is 2. The van der Waals surface area contributed by atoms with Gasteiger partial charge in [-0.1, -0.05) is 42.5 Å². The largest absolute Gasteiger partial charge is 0.497 e. The van der Waals surface area contributed by atoms with E-state index in [4.69, 9.17) is 9.47 Å². The summed E-state index contributed by atoms with van der Waals surface area (Å²) in [6.45, 7) is 0.142. The first kappa shape index (κ1) is 18.4. The van der Waals surface area contributed by atoms with E-state index in [0.29, 0.717) is 23.0 Å². The van der Waals surface area contributed by atoms with Crippen molar-refractivity contribution in [2.45, 2.75) is 6.61 Å². The topological polar surface area (TPSA) is 64.5 Å². The number of esters is 1. The van der Waals surface area contributed by atoms with Crippen LogP contribution in [0.4, 0.5) is 5.82 Å². The molecule has 0 N–H and O–H groups in total. The SMILES string of the molecule is COc1cccc(COC(=O)c2cnc(-c3ccccc3)nc2N(C)C)c1. The molecule has 27 heavy (non-hydrogen) atoms. The minimum Gasteiger partial charge on any atom is -0.497 e. The van der Waals surface area contributed by atoms with Gasteiger partial charge in [-0.25, -0.2) is 14.8 Å². The van der Waals surface area contributed by atoms with Gasteiger partial charge in [-0.05, 0) is 17.7 Å². The monoisotopic (exact) mass is 363 g/mol. The first-order chi connectivity index (χ1) is 13.1. The van der Waals surface area contributed by atoms with Gasteiger partial charge in [-0.3, -0.25) is 0 Å². The first-order valence-corrected chi connectivity index (χ1v) is 8.48. The van der Waals surface area contributed by atoms with E-state index in [1.54, 1.807) is 12.0 Å². The molecule has 0 spiro atoms. The third-order valence-corrected chi connectivity index (χ3v) is 3.95. The van der Waals surface area contributed by atoms with Crippen molar-refractivity contribution >= 4 is 11.8 Å². The highest BCUT2D eigenvalue weighted by Gasteiger charge is 2.18. The van der Waals surface area contributed by atoms with E-state index >= 15 is 0 Å². The fourth-order valence-corrected chi connectivity index (χ4v) is 2.57. The zero-order valence-corrected chi connectivity index (χ0v) is 15.5. The van der Waals surface area contributed by atoms with E-state index in [0.717, 1.165) is 11.1 Å². The lowest BCUT2D eigenvalue weighted by molar-refractivity contribution is 0.0472. The molecule has 0 saturated carbocycles. The van der Waals surface area contributed by atoms with Crippen LogP contribution < -0.4 is 9.64 Å². The molecule has 138 valence electrons. The molecule has 1 heterocycles. The van der Waals surface area contributed by atoms with Crippen LogP contribution in [0.25, 0.3) is 11.4 Å². The number of carbonyl (C=O) groups is 1. The van der Waals surface area contributed by atoms with E-state index < -0.39 is 5.97 Å². The fourth-order valence-electron chi connectivity index (χ4n) is 2.57. The molecular weight excluding hydrogens is 342 g/mol. The van der Waals surface area contributed by atoms with Crippen LogP contribution in [0.5, 0.6) is 5.75 Å². The molecule has 0 aliphatic carbocycles. The van der Waals surface area contributed by atoms with E-state index in [1.807, 2.05) is 68.7 Å². The smallest absolute Gasteiger partial charge is 0.343 e. The van der Waals surface area contributed by atoms with Crippen LogP contribution in [0.3, 0.4) is 0 Å². The highest BCUT2D eigenvalue weighted by atomic mass is 16.5. The number of methoxy groups -OCH3 is 1. The Morgan fingerprint density at radius 2 is 1.85 bits per heavy atom. The molecule has 3 aromatic rings. The molecule has 0 aliphatic rings. The highest BCUT2D eigenvalue weighted by molar-refractivity contribution is 5.94. The van der Waals surface area contributed by atoms with E-state index in [2.05, 4.69) is 9.97 Å². The summed E-state index contributed by atoms with van der Waals surface area (Å²) in [6.07, 6.45) is 1.51. The Balaban J connectivity index is 1.81. The van der Waals surface area contributed by atoms with Gasteiger partial charge in [0.1, 0.15) is 23.7 Å². The average Bonchev–Trinajstić information content (AvgIpc) is 2.72. The third kappa shape index (κ3) is 4.41. The van der Waals surface area contributed by atoms with Crippen molar-refractivity contribution in [1.29, 1.82) is 0 Å². The van der Waals surface area contributed by atoms with Gasteiger partial charge >= 0.3 is 5.97 Å². The lowest BCUT2D eigenvalue weighted by Crippen LogP contribution is -2.18. The molecule has 2 aromatic carbocycles. The normalized spacial score (nSPS) is 10.3. The van der Waals surface area contributed by atoms with Crippen molar-refractivity contribution in [3.63, 3.8) is 0 Å². The maximum Gasteiger partial charge on any atom is 0.343 e. The zero-order chi connectivity index (χ0) is 19.2. The standard InChI is InChI=1S/C21H21N3O3/c1-24(2)20-18(13-22-19(23-20)16-9-5-4-6-10-16)21(25)27-14-15-8-7-11-17(12-15)26-3/h4-13H,14H2,1-3H3. The lowest BCUT2D eigenvalue weighted by atomic mass is 10.2. The number of hydrogen-bond acceptors (Lipinski definition) is 6. The number of rotatable bonds is 6. The van der Waals surface area contributed by atoms with Crippen LogP contribution in [-0.2, 0) is 11.3 Å². The van der Waals surface area contributed by atoms with Gasteiger partial charge in [-0.15, -0.1) is 0 Å². The number of anilines is 1. The Kier molecular flexibility index (Phi) is 5.66. The molecule has 0 bridgehead atoms. The summed E-state index contributed by atoms with van der Waals surface area (Å²) in [6, 6.07) is 17.0. The van der Waals surface area contributed by atoms with Crippen molar-refractivity contribution in [1.82, 2.24) is 9.97 Å². The van der Waals surface area contributed by atoms with Crippen LogP contribution in [0.1, 0.15) is 15.9 Å². The van der Waals surface area contributed by atoms with Crippen LogP contribution in [-0.4, -0.2) is 37.1 Å². The first-order valence-electron chi connectivity index (χ1n) is 8.48. The molecule has 6 nitrogen and oxygen atoms in total. The highest BCUT2D eigenvalue weighted by Crippen LogP contribution is 2.22. The van der Waals surface area contributed by atoms with Crippen molar-refractivity contribution in [2.24, 2.45) is 0 Å². The fraction of sp³-hybridized carbons (Fsp3) is 0.190. The summed E-state index contributed by atoms with van der Waals surface area (Å²) < 4.78 is 10.6. The molecule has 0 aliphatic heterocycles. The summed E-state index contributed by atoms with van der Waals surface area (Å²) in [5.41, 5.74) is 2.05. The summed E-state index contributed by atoms with van der Waals surface area (Å²) in [5.74, 6) is 1.32. The molecule has 0 saturated heterocycles. The maximum absolute atomic E-state index is 12.6. The quantitative estimate of drug-likeness (QED) is 0.624. The molecule has 0 fully saturated rings. The van der Waals surface area contributed by atoms with Gasteiger partial charge in [0.25, 0.3) is 0 Å². The van der Waals surface area contributed by atoms with Gasteiger partial charge in [0, 0.05) is 25.9 Å². The van der Waals surface area contributed by atoms with Gasteiger partial charge < -0.3 is 14.4 Å². The molecule has 1 aromatic heterocycles. The summed E-state index contributed by atoms with van der Waals surface area (Å²) in [5, 5.41) is 0. The van der Waals surface area contributed by atoms with Crippen molar-refractivity contribution in [2.75, 3.05) is 26.1 Å². The summed E-state index contributed by atoms with van der Waals surface area (Å²) >= 11 is 0. The van der Waals surface area contributed by atoms with Crippen molar-refractivity contribution in [3.8, 4) is 17.1 Å². The minimum absolute atomic E-state index is 0.142. The molecule has 6 heteroatoms. The molecular formula is C21H21N3O3. The van der Waals surface area contributed by atoms with Gasteiger partial charge in [0.15, 0.2) is 5.82 Å². The number of carbonyl (C=O) groups excluding carboxylic acids is 1. The van der Waals surface area contributed by atoms with Crippen LogP contribution >= 0.6 is 0 Å². The minimum atomic E-state index is -0.471. The second-order valence-corrected chi connectivity index (χ2v) is 6.12. The lowest BCUT2D eigenvalue weighted by Gasteiger charge is -2.16.